The number of aliphatic hydroxyl groups is 1. The molecule has 0 heterocycles. The Bertz CT molecular complexity index is 368. The number of unbranched alkanes of at least 4 members (excludes halogenated alkanes) is 1. The molecular weight excluding hydrogens is 234 g/mol. The third-order valence-electron chi connectivity index (χ3n) is 2.33. The van der Waals surface area contributed by atoms with Crippen molar-refractivity contribution in [3.63, 3.8) is 0 Å². The Balaban J connectivity index is 2.29. The number of hydrogen-bond donors (Lipinski definition) is 2. The second-order valence-electron chi connectivity index (χ2n) is 3.72. The number of rotatable bonds is 8. The van der Waals surface area contributed by atoms with E-state index in [4.69, 9.17) is 14.6 Å². The van der Waals surface area contributed by atoms with Crippen molar-refractivity contribution in [1.29, 1.82) is 0 Å². The van der Waals surface area contributed by atoms with Crippen LogP contribution >= 0.6 is 0 Å². The highest BCUT2D eigenvalue weighted by atomic mass is 16.5. The monoisotopic (exact) mass is 253 g/mol. The molecule has 0 atom stereocenters. The van der Waals surface area contributed by atoms with Gasteiger partial charge in [-0.1, -0.05) is 12.1 Å². The quantitative estimate of drug-likeness (QED) is 0.677. The third kappa shape index (κ3) is 5.05. The molecule has 1 amide bonds. The Morgan fingerprint density at radius 1 is 1.28 bits per heavy atom. The molecule has 5 nitrogen and oxygen atoms in total. The molecule has 0 aliphatic carbocycles. The first-order chi connectivity index (χ1) is 8.77. The Morgan fingerprint density at radius 2 is 2.00 bits per heavy atom. The number of methoxy groups -OCH3 is 1. The molecule has 5 heteroatoms. The molecule has 100 valence electrons. The largest absolute Gasteiger partial charge is 0.493 e. The van der Waals surface area contributed by atoms with Crippen LogP contribution in [0.2, 0.25) is 0 Å². The van der Waals surface area contributed by atoms with Gasteiger partial charge in [-0.2, -0.15) is 0 Å². The Hall–Kier alpha value is -1.75. The smallest absolute Gasteiger partial charge is 0.257 e. The molecule has 0 aromatic heterocycles. The van der Waals surface area contributed by atoms with Gasteiger partial charge in [-0.25, -0.2) is 0 Å². The van der Waals surface area contributed by atoms with Gasteiger partial charge < -0.3 is 19.9 Å². The second-order valence-corrected chi connectivity index (χ2v) is 3.72. The van der Waals surface area contributed by atoms with E-state index in [9.17, 15) is 4.79 Å². The zero-order valence-electron chi connectivity index (χ0n) is 10.5. The number of para-hydroxylation sites is 2. The Kier molecular flexibility index (Phi) is 6.64. The molecule has 0 radical (unpaired) electrons. The first-order valence-electron chi connectivity index (χ1n) is 5.91. The summed E-state index contributed by atoms with van der Waals surface area (Å²) in [6, 6.07) is 7.17. The summed E-state index contributed by atoms with van der Waals surface area (Å²) in [5.74, 6) is 0.968. The van der Waals surface area contributed by atoms with E-state index >= 15 is 0 Å². The van der Waals surface area contributed by atoms with Gasteiger partial charge in [-0.05, 0) is 25.0 Å². The summed E-state index contributed by atoms with van der Waals surface area (Å²) in [6.07, 6.45) is 1.45. The number of hydrogen-bond acceptors (Lipinski definition) is 4. The van der Waals surface area contributed by atoms with Crippen molar-refractivity contribution in [3.8, 4) is 11.5 Å². The molecule has 0 spiro atoms. The molecule has 18 heavy (non-hydrogen) atoms. The summed E-state index contributed by atoms with van der Waals surface area (Å²) in [6.45, 7) is 0.655. The predicted octanol–water partition coefficient (Wildman–Crippen LogP) is 0.963. The molecule has 0 saturated heterocycles. The molecule has 1 aromatic carbocycles. The van der Waals surface area contributed by atoms with Gasteiger partial charge >= 0.3 is 0 Å². The maximum absolute atomic E-state index is 11.4. The first-order valence-corrected chi connectivity index (χ1v) is 5.91. The molecule has 1 rings (SSSR count). The fraction of sp³-hybridized carbons (Fsp3) is 0.462. The maximum atomic E-state index is 11.4. The van der Waals surface area contributed by atoms with Gasteiger partial charge in [0.25, 0.3) is 5.91 Å². The fourth-order valence-electron chi connectivity index (χ4n) is 1.40. The number of nitrogens with one attached hydrogen (secondary N) is 1. The zero-order chi connectivity index (χ0) is 13.2. The van der Waals surface area contributed by atoms with Crippen LogP contribution in [-0.2, 0) is 4.79 Å². The standard InChI is InChI=1S/C13H19NO4/c1-17-11-6-2-3-7-12(11)18-10-13(16)14-8-4-5-9-15/h2-3,6-7,15H,4-5,8-10H2,1H3,(H,14,16). The number of carbonyl (C=O) groups excluding carboxylic acids is 1. The normalized spacial score (nSPS) is 9.89. The molecular formula is C13H19NO4. The lowest BCUT2D eigenvalue weighted by atomic mass is 10.3. The third-order valence-corrected chi connectivity index (χ3v) is 2.33. The molecule has 0 saturated carbocycles. The van der Waals surface area contributed by atoms with Crippen LogP contribution in [0.4, 0.5) is 0 Å². The van der Waals surface area contributed by atoms with Crippen LogP contribution in [0.15, 0.2) is 24.3 Å². The molecule has 2 N–H and O–H groups in total. The van der Waals surface area contributed by atoms with E-state index in [0.717, 1.165) is 6.42 Å². The zero-order valence-corrected chi connectivity index (χ0v) is 10.5. The minimum Gasteiger partial charge on any atom is -0.493 e. The van der Waals surface area contributed by atoms with Gasteiger partial charge in [0.2, 0.25) is 0 Å². The number of ether oxygens (including phenoxy) is 2. The van der Waals surface area contributed by atoms with Gasteiger partial charge in [0, 0.05) is 13.2 Å². The second kappa shape index (κ2) is 8.36. The lowest BCUT2D eigenvalue weighted by molar-refractivity contribution is -0.123. The summed E-state index contributed by atoms with van der Waals surface area (Å²) in [5, 5.41) is 11.3. The van der Waals surface area contributed by atoms with Crippen molar-refractivity contribution in [2.45, 2.75) is 12.8 Å². The van der Waals surface area contributed by atoms with Crippen molar-refractivity contribution in [2.24, 2.45) is 0 Å². The summed E-state index contributed by atoms with van der Waals surface area (Å²) in [7, 11) is 1.55. The highest BCUT2D eigenvalue weighted by molar-refractivity contribution is 5.77. The van der Waals surface area contributed by atoms with E-state index in [2.05, 4.69) is 5.32 Å². The van der Waals surface area contributed by atoms with E-state index in [1.807, 2.05) is 12.1 Å². The SMILES string of the molecule is COc1ccccc1OCC(=O)NCCCCO. The van der Waals surface area contributed by atoms with Crippen molar-refractivity contribution < 1.29 is 19.4 Å². The highest BCUT2D eigenvalue weighted by Gasteiger charge is 2.05. The van der Waals surface area contributed by atoms with E-state index in [0.29, 0.717) is 24.5 Å². The van der Waals surface area contributed by atoms with Crippen LogP contribution in [0.5, 0.6) is 11.5 Å². The van der Waals surface area contributed by atoms with Crippen molar-refractivity contribution >= 4 is 5.91 Å². The fourth-order valence-corrected chi connectivity index (χ4v) is 1.40. The van der Waals surface area contributed by atoms with Crippen LogP contribution in [0.3, 0.4) is 0 Å². The topological polar surface area (TPSA) is 67.8 Å². The Morgan fingerprint density at radius 3 is 2.67 bits per heavy atom. The van der Waals surface area contributed by atoms with Crippen LogP contribution in [0, 0.1) is 0 Å². The first kappa shape index (κ1) is 14.3. The van der Waals surface area contributed by atoms with Gasteiger partial charge in [0.1, 0.15) is 0 Å². The summed E-state index contributed by atoms with van der Waals surface area (Å²) in [4.78, 5) is 11.4. The molecule has 0 unspecified atom stereocenters. The maximum Gasteiger partial charge on any atom is 0.257 e. The van der Waals surface area contributed by atoms with E-state index in [1.54, 1.807) is 19.2 Å². The minimum absolute atomic E-state index is 0.0422. The molecule has 0 bridgehead atoms. The van der Waals surface area contributed by atoms with E-state index in [1.165, 1.54) is 0 Å². The molecule has 0 fully saturated rings. The van der Waals surface area contributed by atoms with Crippen LogP contribution in [0.25, 0.3) is 0 Å². The van der Waals surface area contributed by atoms with Crippen molar-refractivity contribution in [3.05, 3.63) is 24.3 Å². The van der Waals surface area contributed by atoms with Crippen molar-refractivity contribution in [1.82, 2.24) is 5.32 Å². The van der Waals surface area contributed by atoms with Gasteiger partial charge in [0.05, 0.1) is 7.11 Å². The summed E-state index contributed by atoms with van der Waals surface area (Å²) in [5.41, 5.74) is 0. The average Bonchev–Trinajstić information content (AvgIpc) is 2.41. The van der Waals surface area contributed by atoms with Gasteiger partial charge in [-0.15, -0.1) is 0 Å². The van der Waals surface area contributed by atoms with E-state index < -0.39 is 0 Å². The van der Waals surface area contributed by atoms with Crippen LogP contribution < -0.4 is 14.8 Å². The van der Waals surface area contributed by atoms with Gasteiger partial charge in [0.15, 0.2) is 18.1 Å². The molecule has 1 aromatic rings. The predicted molar refractivity (Wildman–Crippen MR) is 67.8 cm³/mol. The lowest BCUT2D eigenvalue weighted by Crippen LogP contribution is -2.29. The van der Waals surface area contributed by atoms with Crippen molar-refractivity contribution in [2.75, 3.05) is 26.9 Å². The number of carbonyl (C=O) groups is 1. The number of amides is 1. The van der Waals surface area contributed by atoms with Crippen LogP contribution in [-0.4, -0.2) is 37.9 Å². The number of benzene rings is 1. The molecule has 0 aliphatic heterocycles. The lowest BCUT2D eigenvalue weighted by Gasteiger charge is -2.10. The summed E-state index contributed by atoms with van der Waals surface area (Å²) < 4.78 is 10.5. The number of aliphatic hydroxyl groups excluding tert-OH is 1. The van der Waals surface area contributed by atoms with Crippen LogP contribution in [0.1, 0.15) is 12.8 Å². The Labute approximate surface area is 107 Å². The van der Waals surface area contributed by atoms with E-state index in [-0.39, 0.29) is 19.1 Å². The average molecular weight is 253 g/mol. The minimum atomic E-state index is -0.182. The molecule has 0 aliphatic rings. The summed E-state index contributed by atoms with van der Waals surface area (Å²) >= 11 is 0. The highest BCUT2D eigenvalue weighted by Crippen LogP contribution is 2.25. The van der Waals surface area contributed by atoms with Gasteiger partial charge in [-0.3, -0.25) is 4.79 Å².